The highest BCUT2D eigenvalue weighted by Crippen LogP contribution is 2.38. The zero-order valence-corrected chi connectivity index (χ0v) is 26.1. The number of piperidine rings is 1. The molecule has 2 aliphatic rings. The molecule has 0 radical (unpaired) electrons. The fourth-order valence-corrected chi connectivity index (χ4v) is 7.07. The van der Waals surface area contributed by atoms with E-state index in [1.54, 1.807) is 13.1 Å². The summed E-state index contributed by atoms with van der Waals surface area (Å²) in [7, 11) is 1.63. The fourth-order valence-electron chi connectivity index (χ4n) is 6.12. The minimum absolute atomic E-state index is 0.0806. The molecule has 1 aromatic heterocycles. The molecule has 48 heavy (non-hydrogen) atoms. The van der Waals surface area contributed by atoms with Gasteiger partial charge in [0, 0.05) is 31.0 Å². The first-order valence-electron chi connectivity index (χ1n) is 14.9. The minimum Gasteiger partial charge on any atom is -0.506 e. The summed E-state index contributed by atoms with van der Waals surface area (Å²) >= 11 is -2.02. The van der Waals surface area contributed by atoms with Crippen LogP contribution in [0.3, 0.4) is 0 Å². The number of halogens is 1. The average molecular weight is 671 g/mol. The van der Waals surface area contributed by atoms with Gasteiger partial charge in [-0.05, 0) is 58.8 Å². The Balaban J connectivity index is 1.06. The van der Waals surface area contributed by atoms with Crippen LogP contribution >= 0.6 is 0 Å². The molecular weight excluding hydrogens is 643 g/mol. The molecule has 4 N–H and O–H groups in total. The number of nitrogens with one attached hydrogen (secondary N) is 3. The predicted molar refractivity (Wildman–Crippen MR) is 174 cm³/mol. The number of fused-ring (bicyclic) bond motifs is 2. The van der Waals surface area contributed by atoms with E-state index in [1.165, 1.54) is 33.4 Å². The van der Waals surface area contributed by atoms with Gasteiger partial charge in [0.15, 0.2) is 5.82 Å². The van der Waals surface area contributed by atoms with E-state index >= 15 is 4.39 Å². The molecule has 0 aliphatic carbocycles. The molecule has 2 aliphatic heterocycles. The van der Waals surface area contributed by atoms with Crippen LogP contribution in [0.4, 0.5) is 10.1 Å². The number of imide groups is 1. The number of hydrogen-bond donors (Lipinski definition) is 4. The molecule has 244 valence electrons. The van der Waals surface area contributed by atoms with E-state index in [-0.39, 0.29) is 59.6 Å². The molecule has 2 fully saturated rings. The molecule has 2 atom stereocenters. The standard InChI is InChI=1S/C33H27FN6O7S/c1-38-25-13-19(7-9-23(25)40(33(38)46)24-10-11-27(42)36-32(24)45)18-4-2-17(3-5-18)15-35-31(44)20-6-8-22-21(12-20)14-26(41)30(29(22)34)39-16-28(43)37-48(39)47/h2-9,12-14,24,41H,10-11,15-16H2,1H3,(H,35,44)(H,37,43)(H,36,42,45). The van der Waals surface area contributed by atoms with Crippen LogP contribution in [0.15, 0.2) is 71.5 Å². The number of benzene rings is 4. The van der Waals surface area contributed by atoms with Gasteiger partial charge < -0.3 is 10.4 Å². The molecule has 0 saturated carbocycles. The topological polar surface area (TPSA) is 172 Å². The van der Waals surface area contributed by atoms with Gasteiger partial charge in [-0.15, -0.1) is 0 Å². The van der Waals surface area contributed by atoms with E-state index in [0.29, 0.717) is 11.0 Å². The zero-order chi connectivity index (χ0) is 33.9. The molecule has 4 aromatic carbocycles. The van der Waals surface area contributed by atoms with Crippen molar-refractivity contribution in [1.82, 2.24) is 24.5 Å². The average Bonchev–Trinajstić information content (AvgIpc) is 3.52. The van der Waals surface area contributed by atoms with Crippen LogP contribution in [0.1, 0.15) is 34.8 Å². The summed E-state index contributed by atoms with van der Waals surface area (Å²) in [4.78, 5) is 61.8. The van der Waals surface area contributed by atoms with E-state index < -0.39 is 46.5 Å². The number of anilines is 1. The van der Waals surface area contributed by atoms with Gasteiger partial charge in [0.05, 0.1) is 11.0 Å². The molecule has 3 heterocycles. The van der Waals surface area contributed by atoms with Crippen LogP contribution in [0.2, 0.25) is 0 Å². The smallest absolute Gasteiger partial charge is 0.329 e. The summed E-state index contributed by atoms with van der Waals surface area (Å²) in [5.74, 6) is -3.22. The maximum Gasteiger partial charge on any atom is 0.329 e. The van der Waals surface area contributed by atoms with Gasteiger partial charge in [-0.2, -0.15) is 0 Å². The highest BCUT2D eigenvalue weighted by Gasteiger charge is 2.33. The van der Waals surface area contributed by atoms with E-state index in [2.05, 4.69) is 15.4 Å². The molecule has 4 amide bonds. The van der Waals surface area contributed by atoms with E-state index in [1.807, 2.05) is 36.4 Å². The predicted octanol–water partition coefficient (Wildman–Crippen LogP) is 2.43. The summed E-state index contributed by atoms with van der Waals surface area (Å²) in [5.41, 5.74) is 3.24. The SMILES string of the molecule is Cn1c(=O)n(C2CCC(=O)NC2=O)c2ccc(-c3ccc(CNC(=O)c4ccc5c(F)c(N6CC(=O)NS6=O)c(O)cc5c4)cc3)cc21. The Bertz CT molecular complexity index is 2300. The monoisotopic (exact) mass is 670 g/mol. The van der Waals surface area contributed by atoms with Crippen molar-refractivity contribution in [2.75, 3.05) is 10.8 Å². The summed E-state index contributed by atoms with van der Waals surface area (Å²) in [6.45, 7) is -0.180. The number of phenols is 1. The number of imidazole rings is 1. The van der Waals surface area contributed by atoms with E-state index in [0.717, 1.165) is 21.0 Å². The minimum atomic E-state index is -2.02. The molecule has 15 heteroatoms. The van der Waals surface area contributed by atoms with Gasteiger partial charge >= 0.3 is 5.69 Å². The van der Waals surface area contributed by atoms with Crippen molar-refractivity contribution in [2.24, 2.45) is 7.05 Å². The number of carbonyl (C=O) groups excluding carboxylic acids is 4. The van der Waals surface area contributed by atoms with Gasteiger partial charge in [-0.25, -0.2) is 13.4 Å². The molecule has 5 aromatic rings. The number of aryl methyl sites for hydroxylation is 1. The second kappa shape index (κ2) is 11.8. The Morgan fingerprint density at radius 2 is 1.73 bits per heavy atom. The molecular formula is C33H27FN6O7S. The second-order valence-corrected chi connectivity index (χ2v) is 12.7. The second-order valence-electron chi connectivity index (χ2n) is 11.6. The third-order valence-corrected chi connectivity index (χ3v) is 9.70. The number of rotatable bonds is 6. The Morgan fingerprint density at radius 1 is 0.979 bits per heavy atom. The largest absolute Gasteiger partial charge is 0.506 e. The number of aromatic nitrogens is 2. The molecule has 0 spiro atoms. The number of nitrogens with zero attached hydrogens (tertiary/aromatic N) is 3. The summed E-state index contributed by atoms with van der Waals surface area (Å²) in [6, 6.07) is 17.7. The molecule has 2 saturated heterocycles. The molecule has 0 bridgehead atoms. The Morgan fingerprint density at radius 3 is 2.44 bits per heavy atom. The van der Waals surface area contributed by atoms with E-state index in [9.17, 15) is 33.3 Å². The van der Waals surface area contributed by atoms with Crippen LogP contribution in [0.25, 0.3) is 32.9 Å². The van der Waals surface area contributed by atoms with E-state index in [4.69, 9.17) is 0 Å². The lowest BCUT2D eigenvalue weighted by atomic mass is 10.0. The highest BCUT2D eigenvalue weighted by atomic mass is 32.2. The Kier molecular flexibility index (Phi) is 7.55. The van der Waals surface area contributed by atoms with Crippen molar-refractivity contribution < 1.29 is 32.9 Å². The van der Waals surface area contributed by atoms with Crippen molar-refractivity contribution >= 4 is 62.3 Å². The third-order valence-electron chi connectivity index (χ3n) is 8.58. The van der Waals surface area contributed by atoms with Crippen LogP contribution in [0.5, 0.6) is 5.75 Å². The normalized spacial score (nSPS) is 18.0. The van der Waals surface area contributed by atoms with Crippen molar-refractivity contribution in [3.63, 3.8) is 0 Å². The van der Waals surface area contributed by atoms with Crippen LogP contribution in [-0.4, -0.2) is 48.6 Å². The lowest BCUT2D eigenvalue weighted by molar-refractivity contribution is -0.135. The molecule has 2 unspecified atom stereocenters. The van der Waals surface area contributed by atoms with Gasteiger partial charge in [0.1, 0.15) is 24.0 Å². The maximum atomic E-state index is 15.3. The van der Waals surface area contributed by atoms with Crippen molar-refractivity contribution in [3.05, 3.63) is 94.2 Å². The van der Waals surface area contributed by atoms with Crippen molar-refractivity contribution in [3.8, 4) is 16.9 Å². The van der Waals surface area contributed by atoms with Crippen molar-refractivity contribution in [1.29, 1.82) is 0 Å². The summed E-state index contributed by atoms with van der Waals surface area (Å²) in [5, 5.41) is 16.0. The van der Waals surface area contributed by atoms with Crippen LogP contribution in [0, 0.1) is 5.82 Å². The maximum absolute atomic E-state index is 15.3. The van der Waals surface area contributed by atoms with Gasteiger partial charge in [0.2, 0.25) is 23.0 Å². The number of amides is 4. The first kappa shape index (κ1) is 30.8. The zero-order valence-electron chi connectivity index (χ0n) is 25.3. The van der Waals surface area contributed by atoms with Gasteiger partial charge in [-0.3, -0.25) is 42.7 Å². The fraction of sp³-hybridized carbons (Fsp3) is 0.182. The summed E-state index contributed by atoms with van der Waals surface area (Å²) in [6.07, 6.45) is 0.406. The highest BCUT2D eigenvalue weighted by molar-refractivity contribution is 7.85. The van der Waals surface area contributed by atoms with Crippen molar-refractivity contribution in [2.45, 2.75) is 25.4 Å². The van der Waals surface area contributed by atoms with Gasteiger partial charge in [0.25, 0.3) is 11.8 Å². The Hall–Kier alpha value is -5.83. The third kappa shape index (κ3) is 5.27. The first-order valence-corrected chi connectivity index (χ1v) is 16.0. The number of phenolic OH excluding ortho intramolecular Hbond substituents is 1. The number of carbonyl (C=O) groups is 4. The van der Waals surface area contributed by atoms with Crippen LogP contribution in [-0.2, 0) is 39.1 Å². The molecule has 7 rings (SSSR count). The quantitative estimate of drug-likeness (QED) is 0.201. The lowest BCUT2D eigenvalue weighted by Crippen LogP contribution is -2.44. The van der Waals surface area contributed by atoms with Crippen LogP contribution < -0.4 is 25.4 Å². The first-order chi connectivity index (χ1) is 23.0. The number of aromatic hydroxyl groups is 1. The summed E-state index contributed by atoms with van der Waals surface area (Å²) < 4.78 is 33.5. The lowest BCUT2D eigenvalue weighted by Gasteiger charge is -2.21. The van der Waals surface area contributed by atoms with Gasteiger partial charge in [-0.1, -0.05) is 36.4 Å². The molecule has 13 nitrogen and oxygen atoms in total. The Labute approximate surface area is 273 Å². The number of hydrogen-bond acceptors (Lipinski definition) is 7.